The van der Waals surface area contributed by atoms with E-state index >= 15 is 0 Å². The number of benzene rings is 1. The topological polar surface area (TPSA) is 30.5 Å². The van der Waals surface area contributed by atoms with Crippen LogP contribution in [0.1, 0.15) is 26.7 Å². The van der Waals surface area contributed by atoms with Crippen molar-refractivity contribution in [2.24, 2.45) is 0 Å². The number of rotatable bonds is 8. The van der Waals surface area contributed by atoms with Gasteiger partial charge in [-0.2, -0.15) is 0 Å². The Bertz CT molecular complexity index is 399. The smallest absolute Gasteiger partial charge is 0.135 e. The van der Waals surface area contributed by atoms with Gasteiger partial charge in [-0.05, 0) is 57.0 Å². The van der Waals surface area contributed by atoms with Crippen LogP contribution in [0.2, 0.25) is 0 Å². The van der Waals surface area contributed by atoms with Gasteiger partial charge in [0.2, 0.25) is 0 Å². The van der Waals surface area contributed by atoms with Crippen molar-refractivity contribution in [3.8, 4) is 11.5 Å². The molecule has 108 valence electrons. The summed E-state index contributed by atoms with van der Waals surface area (Å²) in [5.74, 6) is 1.63. The molecule has 19 heavy (non-hydrogen) atoms. The summed E-state index contributed by atoms with van der Waals surface area (Å²) in [5, 5.41) is 3.33. The maximum atomic E-state index is 6.07. The highest BCUT2D eigenvalue weighted by molar-refractivity contribution is 9.11. The Hall–Kier alpha value is -0.260. The van der Waals surface area contributed by atoms with Crippen molar-refractivity contribution in [2.45, 2.75) is 32.8 Å². The van der Waals surface area contributed by atoms with Crippen LogP contribution in [0.5, 0.6) is 11.5 Å². The standard InChI is InChI=1S/C14H21Br2NO2/c1-4-6-10(9-17-5-2)19-14-8-11(15)13(18-3)7-12(14)16/h7-8,10,17H,4-6,9H2,1-3H3. The zero-order valence-electron chi connectivity index (χ0n) is 11.6. The molecule has 1 rings (SSSR count). The molecule has 1 aromatic carbocycles. The van der Waals surface area contributed by atoms with E-state index in [1.54, 1.807) is 7.11 Å². The molecule has 0 saturated carbocycles. The second kappa shape index (κ2) is 8.82. The summed E-state index contributed by atoms with van der Waals surface area (Å²) < 4.78 is 13.1. The van der Waals surface area contributed by atoms with Gasteiger partial charge in [-0.15, -0.1) is 0 Å². The summed E-state index contributed by atoms with van der Waals surface area (Å²) >= 11 is 7.01. The fourth-order valence-corrected chi connectivity index (χ4v) is 2.67. The Labute approximate surface area is 132 Å². The molecule has 0 amide bonds. The van der Waals surface area contributed by atoms with Crippen LogP contribution >= 0.6 is 31.9 Å². The van der Waals surface area contributed by atoms with E-state index in [1.165, 1.54) is 0 Å². The van der Waals surface area contributed by atoms with Gasteiger partial charge in [-0.3, -0.25) is 0 Å². The number of nitrogens with one attached hydrogen (secondary N) is 1. The summed E-state index contributed by atoms with van der Waals surface area (Å²) in [6, 6.07) is 3.85. The third-order valence-corrected chi connectivity index (χ3v) is 3.97. The van der Waals surface area contributed by atoms with Gasteiger partial charge in [-0.25, -0.2) is 0 Å². The van der Waals surface area contributed by atoms with Gasteiger partial charge >= 0.3 is 0 Å². The summed E-state index contributed by atoms with van der Waals surface area (Å²) in [7, 11) is 1.65. The summed E-state index contributed by atoms with van der Waals surface area (Å²) in [6.07, 6.45) is 2.32. The molecule has 0 aliphatic carbocycles. The third-order valence-electron chi connectivity index (χ3n) is 2.73. The second-order valence-corrected chi connectivity index (χ2v) is 5.96. The number of likely N-dealkylation sites (N-methyl/N-ethyl adjacent to an activating group) is 1. The Morgan fingerprint density at radius 3 is 2.37 bits per heavy atom. The lowest BCUT2D eigenvalue weighted by atomic mass is 10.2. The first kappa shape index (κ1) is 16.8. The first-order valence-electron chi connectivity index (χ1n) is 6.52. The molecule has 5 heteroatoms. The number of halogens is 2. The molecular formula is C14H21Br2NO2. The van der Waals surface area contributed by atoms with Gasteiger partial charge in [0.1, 0.15) is 17.6 Å². The van der Waals surface area contributed by atoms with Crippen molar-refractivity contribution in [2.75, 3.05) is 20.2 Å². The molecule has 1 unspecified atom stereocenters. The fourth-order valence-electron chi connectivity index (χ4n) is 1.77. The van der Waals surface area contributed by atoms with Gasteiger partial charge in [0.15, 0.2) is 0 Å². The van der Waals surface area contributed by atoms with Gasteiger partial charge < -0.3 is 14.8 Å². The number of hydrogen-bond donors (Lipinski definition) is 1. The first-order chi connectivity index (χ1) is 9.12. The third kappa shape index (κ3) is 5.32. The Balaban J connectivity index is 2.80. The lowest BCUT2D eigenvalue weighted by molar-refractivity contribution is 0.186. The van der Waals surface area contributed by atoms with Crippen LogP contribution in [0, 0.1) is 0 Å². The van der Waals surface area contributed by atoms with E-state index in [0.717, 1.165) is 46.4 Å². The minimum atomic E-state index is 0.182. The lowest BCUT2D eigenvalue weighted by Gasteiger charge is -2.20. The highest BCUT2D eigenvalue weighted by Gasteiger charge is 2.13. The fraction of sp³-hybridized carbons (Fsp3) is 0.571. The Morgan fingerprint density at radius 1 is 1.16 bits per heavy atom. The maximum absolute atomic E-state index is 6.07. The van der Waals surface area contributed by atoms with Crippen LogP contribution in [0.4, 0.5) is 0 Å². The predicted octanol–water partition coefficient (Wildman–Crippen LogP) is 4.38. The van der Waals surface area contributed by atoms with Crippen molar-refractivity contribution in [3.05, 3.63) is 21.1 Å². The molecule has 1 N–H and O–H groups in total. The molecule has 0 aromatic heterocycles. The molecule has 0 saturated heterocycles. The molecular weight excluding hydrogens is 374 g/mol. The van der Waals surface area contributed by atoms with Crippen molar-refractivity contribution >= 4 is 31.9 Å². The average molecular weight is 395 g/mol. The van der Waals surface area contributed by atoms with E-state index in [9.17, 15) is 0 Å². The number of ether oxygens (including phenoxy) is 2. The van der Waals surface area contributed by atoms with Crippen LogP contribution in [-0.4, -0.2) is 26.3 Å². The molecule has 0 fully saturated rings. The monoisotopic (exact) mass is 393 g/mol. The molecule has 0 aliphatic rings. The minimum Gasteiger partial charge on any atom is -0.496 e. The maximum Gasteiger partial charge on any atom is 0.135 e. The molecule has 0 spiro atoms. The van der Waals surface area contributed by atoms with Crippen molar-refractivity contribution in [3.63, 3.8) is 0 Å². The highest BCUT2D eigenvalue weighted by Crippen LogP contribution is 2.36. The molecule has 0 radical (unpaired) electrons. The first-order valence-corrected chi connectivity index (χ1v) is 8.11. The van der Waals surface area contributed by atoms with Crippen LogP contribution in [-0.2, 0) is 0 Å². The van der Waals surface area contributed by atoms with Gasteiger partial charge in [0, 0.05) is 6.54 Å². The van der Waals surface area contributed by atoms with E-state index in [1.807, 2.05) is 12.1 Å². The molecule has 0 heterocycles. The Kier molecular flexibility index (Phi) is 7.80. The van der Waals surface area contributed by atoms with Gasteiger partial charge in [0.25, 0.3) is 0 Å². The molecule has 3 nitrogen and oxygen atoms in total. The van der Waals surface area contributed by atoms with Crippen LogP contribution in [0.15, 0.2) is 21.1 Å². The van der Waals surface area contributed by atoms with Gasteiger partial charge in [-0.1, -0.05) is 20.3 Å². The zero-order chi connectivity index (χ0) is 14.3. The zero-order valence-corrected chi connectivity index (χ0v) is 14.8. The SMILES string of the molecule is CCCC(CNCC)Oc1cc(Br)c(OC)cc1Br. The number of hydrogen-bond acceptors (Lipinski definition) is 3. The lowest BCUT2D eigenvalue weighted by Crippen LogP contribution is -2.31. The minimum absolute atomic E-state index is 0.182. The van der Waals surface area contributed by atoms with Crippen LogP contribution in [0.3, 0.4) is 0 Å². The van der Waals surface area contributed by atoms with E-state index in [2.05, 4.69) is 51.0 Å². The molecule has 1 atom stereocenters. The quantitative estimate of drug-likeness (QED) is 0.709. The van der Waals surface area contributed by atoms with Crippen molar-refractivity contribution in [1.82, 2.24) is 5.32 Å². The Morgan fingerprint density at radius 2 is 1.79 bits per heavy atom. The highest BCUT2D eigenvalue weighted by atomic mass is 79.9. The average Bonchev–Trinajstić information content (AvgIpc) is 2.39. The molecule has 0 bridgehead atoms. The number of methoxy groups -OCH3 is 1. The van der Waals surface area contributed by atoms with Crippen LogP contribution < -0.4 is 14.8 Å². The predicted molar refractivity (Wildman–Crippen MR) is 86.3 cm³/mol. The van der Waals surface area contributed by atoms with E-state index in [0.29, 0.717) is 0 Å². The van der Waals surface area contributed by atoms with E-state index in [4.69, 9.17) is 9.47 Å². The largest absolute Gasteiger partial charge is 0.496 e. The molecule has 0 aliphatic heterocycles. The summed E-state index contributed by atoms with van der Waals surface area (Å²) in [4.78, 5) is 0. The van der Waals surface area contributed by atoms with Crippen molar-refractivity contribution in [1.29, 1.82) is 0 Å². The normalized spacial score (nSPS) is 12.3. The summed E-state index contributed by atoms with van der Waals surface area (Å²) in [5.41, 5.74) is 0. The van der Waals surface area contributed by atoms with Crippen molar-refractivity contribution < 1.29 is 9.47 Å². The van der Waals surface area contributed by atoms with E-state index in [-0.39, 0.29) is 6.10 Å². The van der Waals surface area contributed by atoms with E-state index < -0.39 is 0 Å². The van der Waals surface area contributed by atoms with Crippen LogP contribution in [0.25, 0.3) is 0 Å². The molecule has 1 aromatic rings. The second-order valence-electron chi connectivity index (χ2n) is 4.25. The summed E-state index contributed by atoms with van der Waals surface area (Å²) in [6.45, 7) is 6.08. The van der Waals surface area contributed by atoms with Gasteiger partial charge in [0.05, 0.1) is 16.1 Å².